The Morgan fingerprint density at radius 3 is 2.55 bits per heavy atom. The molecule has 0 radical (unpaired) electrons. The van der Waals surface area contributed by atoms with Crippen LogP contribution in [0, 0.1) is 29.0 Å². The first-order chi connectivity index (χ1) is 22.6. The second-order valence-electron chi connectivity index (χ2n) is 12.7. The zero-order valence-corrected chi connectivity index (χ0v) is 26.6. The zero-order chi connectivity index (χ0) is 32.5. The third-order valence-corrected chi connectivity index (χ3v) is 11.4. The first kappa shape index (κ1) is 30.2. The fraction of sp³-hybridized carbons (Fsp3) is 0.306. The molecule has 0 amide bonds. The normalized spacial score (nSPS) is 22.8. The van der Waals surface area contributed by atoms with Crippen molar-refractivity contribution < 1.29 is 17.6 Å². The Bertz CT molecular complexity index is 2070. The van der Waals surface area contributed by atoms with Crippen LogP contribution in [0.4, 0.5) is 22.7 Å². The minimum absolute atomic E-state index is 0.00361. The number of thiazole rings is 1. The summed E-state index contributed by atoms with van der Waals surface area (Å²) in [5, 5.41) is 10.4. The number of aromatic amines is 1. The number of hydrogen-bond acceptors (Lipinski definition) is 5. The highest BCUT2D eigenvalue weighted by molar-refractivity contribution is 7.15. The molecular formula is C36H28ClF4N5S. The Hall–Kier alpha value is -4.20. The van der Waals surface area contributed by atoms with Crippen LogP contribution in [0.25, 0.3) is 28.2 Å². The van der Waals surface area contributed by atoms with Crippen molar-refractivity contribution in [1.29, 1.82) is 5.26 Å². The van der Waals surface area contributed by atoms with Crippen LogP contribution in [0.15, 0.2) is 66.7 Å². The first-order valence-corrected chi connectivity index (χ1v) is 16.8. The van der Waals surface area contributed by atoms with Gasteiger partial charge in [0.25, 0.3) is 0 Å². The van der Waals surface area contributed by atoms with Gasteiger partial charge in [0.15, 0.2) is 5.13 Å². The van der Waals surface area contributed by atoms with Gasteiger partial charge in [0, 0.05) is 30.5 Å². The van der Waals surface area contributed by atoms with Crippen LogP contribution < -0.4 is 4.90 Å². The van der Waals surface area contributed by atoms with Crippen LogP contribution in [0.3, 0.4) is 0 Å². The molecule has 2 aromatic heterocycles. The summed E-state index contributed by atoms with van der Waals surface area (Å²) in [6.07, 6.45) is 2.63. The van der Waals surface area contributed by atoms with E-state index in [1.807, 2.05) is 42.5 Å². The molecule has 11 heteroatoms. The van der Waals surface area contributed by atoms with Gasteiger partial charge in [-0.1, -0.05) is 42.5 Å². The summed E-state index contributed by atoms with van der Waals surface area (Å²) < 4.78 is 55.2. The molecule has 3 heterocycles. The maximum Gasteiger partial charge on any atom is 0.419 e. The van der Waals surface area contributed by atoms with Gasteiger partial charge in [-0.15, -0.1) is 22.9 Å². The number of nitriles is 1. The molecule has 2 fully saturated rings. The van der Waals surface area contributed by atoms with Gasteiger partial charge in [0.05, 0.1) is 44.7 Å². The summed E-state index contributed by atoms with van der Waals surface area (Å²) in [7, 11) is 0. The van der Waals surface area contributed by atoms with Crippen molar-refractivity contribution in [1.82, 2.24) is 15.0 Å². The number of aromatic nitrogens is 3. The van der Waals surface area contributed by atoms with E-state index in [1.165, 1.54) is 4.88 Å². The summed E-state index contributed by atoms with van der Waals surface area (Å²) in [6, 6.07) is 19.4. The monoisotopic (exact) mass is 673 g/mol. The number of allylic oxidation sites excluding steroid dienone is 1. The molecule has 1 saturated heterocycles. The predicted molar refractivity (Wildman–Crippen MR) is 176 cm³/mol. The number of nitrogens with zero attached hydrogens (tertiary/aromatic N) is 4. The molecule has 5 nitrogen and oxygen atoms in total. The maximum absolute atomic E-state index is 14.5. The minimum Gasteiger partial charge on any atom is -0.348 e. The lowest BCUT2D eigenvalue weighted by Crippen LogP contribution is -2.35. The number of nitrogens with one attached hydrogen (secondary N) is 1. The van der Waals surface area contributed by atoms with Crippen LogP contribution in [0.5, 0.6) is 0 Å². The number of fused-ring (bicyclic) bond motifs is 2. The second-order valence-corrected chi connectivity index (χ2v) is 14.3. The molecule has 1 saturated carbocycles. The van der Waals surface area contributed by atoms with Crippen molar-refractivity contribution in [2.45, 2.75) is 42.7 Å². The summed E-state index contributed by atoms with van der Waals surface area (Å²) >= 11 is 8.04. The van der Waals surface area contributed by atoms with Gasteiger partial charge in [-0.2, -0.15) is 18.4 Å². The third kappa shape index (κ3) is 5.30. The van der Waals surface area contributed by atoms with Crippen molar-refractivity contribution in [3.05, 3.63) is 106 Å². The molecule has 238 valence electrons. The van der Waals surface area contributed by atoms with E-state index in [0.29, 0.717) is 17.3 Å². The minimum atomic E-state index is -4.81. The Morgan fingerprint density at radius 1 is 1.02 bits per heavy atom. The molecule has 0 bridgehead atoms. The lowest BCUT2D eigenvalue weighted by Gasteiger charge is -2.33. The number of rotatable bonds is 5. The highest BCUT2D eigenvalue weighted by Gasteiger charge is 2.61. The molecule has 3 unspecified atom stereocenters. The summed E-state index contributed by atoms with van der Waals surface area (Å²) in [5.74, 6) is -0.209. The molecule has 3 aromatic carbocycles. The maximum atomic E-state index is 14.5. The molecule has 5 aromatic rings. The van der Waals surface area contributed by atoms with Gasteiger partial charge in [0.2, 0.25) is 0 Å². The van der Waals surface area contributed by atoms with Gasteiger partial charge in [0.1, 0.15) is 11.6 Å². The predicted octanol–water partition coefficient (Wildman–Crippen LogP) is 9.12. The number of imidazole rings is 1. The fourth-order valence-corrected chi connectivity index (χ4v) is 8.96. The first-order valence-electron chi connectivity index (χ1n) is 15.6. The SMILES string of the molecule is N#Cc1cccc(-c2ccc(C3(c4nc5cc(F)c(C(F)(F)F)cc5[nH]4)CC3C3CCN(c4nc5c(s4)CC(Cl)C=C5)CC3)cc2)c1. The molecule has 1 aliphatic heterocycles. The summed E-state index contributed by atoms with van der Waals surface area (Å²) in [6.45, 7) is 1.71. The van der Waals surface area contributed by atoms with E-state index in [1.54, 1.807) is 17.4 Å². The van der Waals surface area contributed by atoms with Gasteiger partial charge >= 0.3 is 6.18 Å². The Labute approximate surface area is 277 Å². The highest BCUT2D eigenvalue weighted by Crippen LogP contribution is 2.63. The quantitative estimate of drug-likeness (QED) is 0.149. The lowest BCUT2D eigenvalue weighted by molar-refractivity contribution is -0.139. The van der Waals surface area contributed by atoms with Crippen LogP contribution in [0.1, 0.15) is 52.3 Å². The topological polar surface area (TPSA) is 68.6 Å². The average Bonchev–Trinajstić information content (AvgIpc) is 3.46. The van der Waals surface area contributed by atoms with Gasteiger partial charge in [-0.05, 0) is 72.1 Å². The molecule has 3 atom stereocenters. The number of hydrogen-bond donors (Lipinski definition) is 1. The van der Waals surface area contributed by atoms with Crippen molar-refractivity contribution in [2.24, 2.45) is 11.8 Å². The standard InChI is InChI=1S/C36H28ClF4N5S/c37-25-8-9-29-32(15-25)47-34(45-29)46-12-10-22(11-13-46)27-18-35(27,24-6-4-21(5-7-24)23-3-1-2-20(14-23)19-42)33-43-30-16-26(36(39,40)41)28(38)17-31(30)44-33/h1-9,14,16-17,22,25,27H,10-13,15,18H2,(H,43,44). The third-order valence-electron chi connectivity index (χ3n) is 9.98. The number of alkyl halides is 4. The van der Waals surface area contributed by atoms with E-state index in [0.717, 1.165) is 78.4 Å². The number of benzene rings is 3. The van der Waals surface area contributed by atoms with E-state index in [-0.39, 0.29) is 22.3 Å². The number of anilines is 1. The molecule has 2 aliphatic carbocycles. The van der Waals surface area contributed by atoms with Crippen molar-refractivity contribution in [2.75, 3.05) is 18.0 Å². The van der Waals surface area contributed by atoms with Crippen molar-refractivity contribution in [3.63, 3.8) is 0 Å². The summed E-state index contributed by atoms with van der Waals surface area (Å²) in [4.78, 5) is 16.3. The molecule has 1 N–H and O–H groups in total. The molecular weight excluding hydrogens is 646 g/mol. The van der Waals surface area contributed by atoms with Gasteiger partial charge in [-0.3, -0.25) is 0 Å². The van der Waals surface area contributed by atoms with Crippen LogP contribution >= 0.6 is 22.9 Å². The number of halogens is 5. The molecule has 0 spiro atoms. The zero-order valence-electron chi connectivity index (χ0n) is 25.0. The fourth-order valence-electron chi connectivity index (χ4n) is 7.48. The van der Waals surface area contributed by atoms with E-state index in [2.05, 4.69) is 28.1 Å². The van der Waals surface area contributed by atoms with Gasteiger partial charge < -0.3 is 9.88 Å². The highest BCUT2D eigenvalue weighted by atomic mass is 35.5. The Morgan fingerprint density at radius 2 is 1.81 bits per heavy atom. The van der Waals surface area contributed by atoms with Crippen LogP contribution in [-0.4, -0.2) is 33.4 Å². The van der Waals surface area contributed by atoms with Crippen molar-refractivity contribution >= 4 is 45.2 Å². The molecule has 47 heavy (non-hydrogen) atoms. The molecule has 8 rings (SSSR count). The van der Waals surface area contributed by atoms with Crippen molar-refractivity contribution in [3.8, 4) is 17.2 Å². The second kappa shape index (κ2) is 11.2. The lowest BCUT2D eigenvalue weighted by atomic mass is 9.83. The number of piperidine rings is 1. The van der Waals surface area contributed by atoms with Gasteiger partial charge in [-0.25, -0.2) is 14.4 Å². The van der Waals surface area contributed by atoms with Crippen LogP contribution in [-0.2, 0) is 18.0 Å². The average molecular weight is 674 g/mol. The van der Waals surface area contributed by atoms with Crippen LogP contribution in [0.2, 0.25) is 0 Å². The summed E-state index contributed by atoms with van der Waals surface area (Å²) in [5.41, 5.74) is 2.95. The number of H-pyrrole nitrogens is 1. The van der Waals surface area contributed by atoms with E-state index < -0.39 is 23.0 Å². The van der Waals surface area contributed by atoms with E-state index in [9.17, 15) is 22.8 Å². The Kier molecular flexibility index (Phi) is 7.19. The molecule has 3 aliphatic rings. The Balaban J connectivity index is 1.11. The largest absolute Gasteiger partial charge is 0.419 e. The smallest absolute Gasteiger partial charge is 0.348 e. The van der Waals surface area contributed by atoms with E-state index in [4.69, 9.17) is 21.6 Å². The van der Waals surface area contributed by atoms with E-state index >= 15 is 0 Å².